The fraction of sp³-hybridized carbons (Fsp3) is 0.227. The van der Waals surface area contributed by atoms with E-state index in [1.807, 2.05) is 61.3 Å². The van der Waals surface area contributed by atoms with Gasteiger partial charge in [0.2, 0.25) is 5.91 Å². The summed E-state index contributed by atoms with van der Waals surface area (Å²) in [6, 6.07) is 18.2. The van der Waals surface area contributed by atoms with E-state index >= 15 is 0 Å². The Morgan fingerprint density at radius 1 is 1.15 bits per heavy atom. The SMILES string of the molecule is COc1ccc(CN(C)[C@@H](C)C(=O)Nc2cccc3ccccc23)cc1F. The van der Waals surface area contributed by atoms with E-state index in [4.69, 9.17) is 4.74 Å². The quantitative estimate of drug-likeness (QED) is 0.701. The van der Waals surface area contributed by atoms with Crippen molar-refractivity contribution in [3.8, 4) is 5.75 Å². The molecule has 0 aliphatic heterocycles. The summed E-state index contributed by atoms with van der Waals surface area (Å²) in [7, 11) is 3.28. The fourth-order valence-corrected chi connectivity index (χ4v) is 3.00. The van der Waals surface area contributed by atoms with Crippen molar-refractivity contribution in [2.24, 2.45) is 0 Å². The molecule has 27 heavy (non-hydrogen) atoms. The highest BCUT2D eigenvalue weighted by Crippen LogP contribution is 2.23. The van der Waals surface area contributed by atoms with Crippen LogP contribution >= 0.6 is 0 Å². The van der Waals surface area contributed by atoms with E-state index in [1.54, 1.807) is 12.1 Å². The molecule has 0 spiro atoms. The van der Waals surface area contributed by atoms with Crippen LogP contribution in [-0.4, -0.2) is 31.0 Å². The van der Waals surface area contributed by atoms with Gasteiger partial charge in [0, 0.05) is 17.6 Å². The Balaban J connectivity index is 1.70. The Labute approximate surface area is 158 Å². The third-order valence-corrected chi connectivity index (χ3v) is 4.74. The summed E-state index contributed by atoms with van der Waals surface area (Å²) in [5, 5.41) is 5.08. The highest BCUT2D eigenvalue weighted by Gasteiger charge is 2.19. The molecule has 1 atom stereocenters. The van der Waals surface area contributed by atoms with Crippen LogP contribution in [-0.2, 0) is 11.3 Å². The van der Waals surface area contributed by atoms with E-state index in [1.165, 1.54) is 13.2 Å². The van der Waals surface area contributed by atoms with Crippen molar-refractivity contribution >= 4 is 22.4 Å². The standard InChI is InChI=1S/C22H23FN2O2/c1-15(25(2)14-16-11-12-21(27-3)19(23)13-16)22(26)24-20-10-6-8-17-7-4-5-9-18(17)20/h4-13,15H,14H2,1-3H3,(H,24,26)/t15-/m0/s1. The predicted molar refractivity (Wildman–Crippen MR) is 106 cm³/mol. The van der Waals surface area contributed by atoms with Gasteiger partial charge in [0.15, 0.2) is 11.6 Å². The average Bonchev–Trinajstić information content (AvgIpc) is 2.67. The molecule has 0 radical (unpaired) electrons. The molecular formula is C22H23FN2O2. The number of methoxy groups -OCH3 is 1. The van der Waals surface area contributed by atoms with Crippen LogP contribution in [0, 0.1) is 5.82 Å². The topological polar surface area (TPSA) is 41.6 Å². The monoisotopic (exact) mass is 366 g/mol. The lowest BCUT2D eigenvalue weighted by atomic mass is 10.1. The van der Waals surface area contributed by atoms with Gasteiger partial charge in [-0.25, -0.2) is 4.39 Å². The van der Waals surface area contributed by atoms with E-state index in [2.05, 4.69) is 5.32 Å². The lowest BCUT2D eigenvalue weighted by Crippen LogP contribution is -2.39. The minimum absolute atomic E-state index is 0.108. The van der Waals surface area contributed by atoms with E-state index < -0.39 is 5.82 Å². The molecule has 3 rings (SSSR count). The van der Waals surface area contributed by atoms with Crippen molar-refractivity contribution in [3.05, 3.63) is 72.0 Å². The average molecular weight is 366 g/mol. The number of fused-ring (bicyclic) bond motifs is 1. The summed E-state index contributed by atoms with van der Waals surface area (Å²) in [4.78, 5) is 14.6. The number of benzene rings is 3. The second kappa shape index (κ2) is 8.18. The second-order valence-electron chi connectivity index (χ2n) is 6.58. The molecule has 0 aliphatic carbocycles. The van der Waals surface area contributed by atoms with Gasteiger partial charge in [-0.1, -0.05) is 42.5 Å². The van der Waals surface area contributed by atoms with Crippen LogP contribution in [0.15, 0.2) is 60.7 Å². The molecule has 1 amide bonds. The van der Waals surface area contributed by atoms with Crippen LogP contribution < -0.4 is 10.1 Å². The summed E-state index contributed by atoms with van der Waals surface area (Å²) in [5.74, 6) is -0.303. The summed E-state index contributed by atoms with van der Waals surface area (Å²) >= 11 is 0. The number of anilines is 1. The predicted octanol–water partition coefficient (Wildman–Crippen LogP) is 4.45. The van der Waals surface area contributed by atoms with E-state index in [0.717, 1.165) is 22.0 Å². The van der Waals surface area contributed by atoms with Gasteiger partial charge in [-0.3, -0.25) is 9.69 Å². The number of amides is 1. The molecule has 5 heteroatoms. The molecule has 4 nitrogen and oxygen atoms in total. The van der Waals surface area contributed by atoms with Gasteiger partial charge in [-0.2, -0.15) is 0 Å². The Kier molecular flexibility index (Phi) is 5.72. The fourth-order valence-electron chi connectivity index (χ4n) is 3.00. The minimum Gasteiger partial charge on any atom is -0.494 e. The second-order valence-corrected chi connectivity index (χ2v) is 6.58. The first-order valence-electron chi connectivity index (χ1n) is 8.81. The molecule has 0 aliphatic rings. The number of rotatable bonds is 6. The first-order chi connectivity index (χ1) is 13.0. The number of carbonyl (C=O) groups is 1. The van der Waals surface area contributed by atoms with Crippen LogP contribution in [0.4, 0.5) is 10.1 Å². The van der Waals surface area contributed by atoms with E-state index in [9.17, 15) is 9.18 Å². The molecule has 3 aromatic carbocycles. The number of nitrogens with one attached hydrogen (secondary N) is 1. The Morgan fingerprint density at radius 2 is 1.89 bits per heavy atom. The molecule has 0 heterocycles. The van der Waals surface area contributed by atoms with Gasteiger partial charge < -0.3 is 10.1 Å². The normalized spacial score (nSPS) is 12.2. The van der Waals surface area contributed by atoms with Gasteiger partial charge in [0.25, 0.3) is 0 Å². The summed E-state index contributed by atoms with van der Waals surface area (Å²) < 4.78 is 18.8. The lowest BCUT2D eigenvalue weighted by Gasteiger charge is -2.24. The molecule has 0 unspecified atom stereocenters. The molecular weight excluding hydrogens is 343 g/mol. The highest BCUT2D eigenvalue weighted by molar-refractivity contribution is 6.03. The summed E-state index contributed by atoms with van der Waals surface area (Å²) in [5.41, 5.74) is 1.56. The van der Waals surface area contributed by atoms with Gasteiger partial charge >= 0.3 is 0 Å². The Morgan fingerprint density at radius 3 is 2.63 bits per heavy atom. The molecule has 0 saturated heterocycles. The number of ether oxygens (including phenoxy) is 1. The zero-order valence-electron chi connectivity index (χ0n) is 15.7. The third kappa shape index (κ3) is 4.26. The van der Waals surface area contributed by atoms with Crippen molar-refractivity contribution in [1.82, 2.24) is 4.90 Å². The Hall–Kier alpha value is -2.92. The van der Waals surface area contributed by atoms with Crippen molar-refractivity contribution < 1.29 is 13.9 Å². The zero-order chi connectivity index (χ0) is 19.4. The van der Waals surface area contributed by atoms with Gasteiger partial charge in [0.05, 0.1) is 13.2 Å². The van der Waals surface area contributed by atoms with E-state index in [-0.39, 0.29) is 17.7 Å². The molecule has 0 aromatic heterocycles. The lowest BCUT2D eigenvalue weighted by molar-refractivity contribution is -0.120. The maximum atomic E-state index is 13.9. The number of hydrogen-bond acceptors (Lipinski definition) is 3. The van der Waals surface area contributed by atoms with Gasteiger partial charge in [-0.05, 0) is 43.1 Å². The highest BCUT2D eigenvalue weighted by atomic mass is 19.1. The largest absolute Gasteiger partial charge is 0.494 e. The number of halogens is 1. The molecule has 140 valence electrons. The molecule has 0 saturated carbocycles. The van der Waals surface area contributed by atoms with Crippen LogP contribution in [0.1, 0.15) is 12.5 Å². The summed E-state index contributed by atoms with van der Waals surface area (Å²) in [6.07, 6.45) is 0. The molecule has 0 bridgehead atoms. The minimum atomic E-state index is -0.406. The first-order valence-corrected chi connectivity index (χ1v) is 8.81. The molecule has 1 N–H and O–H groups in total. The summed E-state index contributed by atoms with van der Waals surface area (Å²) in [6.45, 7) is 2.28. The van der Waals surface area contributed by atoms with Crippen LogP contribution in [0.25, 0.3) is 10.8 Å². The first kappa shape index (κ1) is 18.9. The van der Waals surface area contributed by atoms with Crippen molar-refractivity contribution in [2.75, 3.05) is 19.5 Å². The third-order valence-electron chi connectivity index (χ3n) is 4.74. The maximum absolute atomic E-state index is 13.9. The van der Waals surface area contributed by atoms with Crippen molar-refractivity contribution in [1.29, 1.82) is 0 Å². The number of carbonyl (C=O) groups excluding carboxylic acids is 1. The van der Waals surface area contributed by atoms with Crippen molar-refractivity contribution in [2.45, 2.75) is 19.5 Å². The van der Waals surface area contributed by atoms with Gasteiger partial charge in [-0.15, -0.1) is 0 Å². The van der Waals surface area contributed by atoms with Crippen LogP contribution in [0.3, 0.4) is 0 Å². The van der Waals surface area contributed by atoms with Crippen LogP contribution in [0.5, 0.6) is 5.75 Å². The Bertz CT molecular complexity index is 953. The maximum Gasteiger partial charge on any atom is 0.241 e. The smallest absolute Gasteiger partial charge is 0.241 e. The number of nitrogens with zero attached hydrogens (tertiary/aromatic N) is 1. The van der Waals surface area contributed by atoms with Crippen LogP contribution in [0.2, 0.25) is 0 Å². The molecule has 3 aromatic rings. The van der Waals surface area contributed by atoms with E-state index in [0.29, 0.717) is 6.54 Å². The number of likely N-dealkylation sites (N-methyl/N-ethyl adjacent to an activating group) is 1. The number of hydrogen-bond donors (Lipinski definition) is 1. The molecule has 0 fully saturated rings. The van der Waals surface area contributed by atoms with Gasteiger partial charge in [0.1, 0.15) is 0 Å². The zero-order valence-corrected chi connectivity index (χ0v) is 15.7. The van der Waals surface area contributed by atoms with Crippen molar-refractivity contribution in [3.63, 3.8) is 0 Å².